The van der Waals surface area contributed by atoms with Crippen LogP contribution in [0, 0.1) is 0 Å². The number of nitrogens with zero attached hydrogens (tertiary/aromatic N) is 1. The summed E-state index contributed by atoms with van der Waals surface area (Å²) in [6, 6.07) is 19.5. The van der Waals surface area contributed by atoms with E-state index in [1.807, 2.05) is 60.7 Å². The lowest BCUT2D eigenvalue weighted by atomic mass is 10.0. The van der Waals surface area contributed by atoms with Gasteiger partial charge in [0.2, 0.25) is 0 Å². The second-order valence-electron chi connectivity index (χ2n) is 7.02. The first-order valence-electron chi connectivity index (χ1n) is 9.63. The number of furan rings is 1. The smallest absolute Gasteiger partial charge is 0.287 e. The van der Waals surface area contributed by atoms with E-state index in [1.54, 1.807) is 6.26 Å². The Kier molecular flexibility index (Phi) is 5.79. The van der Waals surface area contributed by atoms with Crippen LogP contribution >= 0.6 is 11.6 Å². The second-order valence-corrected chi connectivity index (χ2v) is 7.43. The Balaban J connectivity index is 1.53. The molecule has 0 radical (unpaired) electrons. The fourth-order valence-electron chi connectivity index (χ4n) is 3.83. The van der Waals surface area contributed by atoms with Crippen LogP contribution in [0.1, 0.15) is 35.0 Å². The zero-order valence-corrected chi connectivity index (χ0v) is 16.4. The number of likely N-dealkylation sites (tertiary alicyclic amines) is 1. The van der Waals surface area contributed by atoms with E-state index in [2.05, 4.69) is 10.2 Å². The Morgan fingerprint density at radius 3 is 2.50 bits per heavy atom. The van der Waals surface area contributed by atoms with Gasteiger partial charge in [0.25, 0.3) is 5.91 Å². The van der Waals surface area contributed by atoms with E-state index < -0.39 is 0 Å². The molecule has 2 aromatic carbocycles. The molecule has 1 amide bonds. The first-order valence-corrected chi connectivity index (χ1v) is 10.0. The standard InChI is InChI=1S/C23H23ClN2O2/c24-20-11-5-4-10-19(20)21(26-13-6-7-14-26)16-25-23(27)22-18(12-15-28-22)17-8-2-1-3-9-17/h1-5,8-12,15,21H,6-7,13-14,16H2,(H,25,27)/t21-/m0/s1. The van der Waals surface area contributed by atoms with Gasteiger partial charge in [0, 0.05) is 17.1 Å². The van der Waals surface area contributed by atoms with Gasteiger partial charge in [-0.1, -0.05) is 60.1 Å². The minimum absolute atomic E-state index is 0.0512. The van der Waals surface area contributed by atoms with Crippen LogP contribution in [-0.4, -0.2) is 30.4 Å². The molecule has 1 aliphatic rings. The lowest BCUT2D eigenvalue weighted by Gasteiger charge is -2.28. The number of rotatable bonds is 6. The molecule has 1 aliphatic heterocycles. The van der Waals surface area contributed by atoms with Crippen LogP contribution < -0.4 is 5.32 Å². The topological polar surface area (TPSA) is 45.5 Å². The summed E-state index contributed by atoms with van der Waals surface area (Å²) in [5, 5.41) is 3.80. The fraction of sp³-hybridized carbons (Fsp3) is 0.261. The number of carbonyl (C=O) groups excluding carboxylic acids is 1. The summed E-state index contributed by atoms with van der Waals surface area (Å²) in [4.78, 5) is 15.3. The van der Waals surface area contributed by atoms with E-state index in [0.29, 0.717) is 12.3 Å². The third-order valence-corrected chi connectivity index (χ3v) is 5.60. The zero-order valence-electron chi connectivity index (χ0n) is 15.6. The maximum Gasteiger partial charge on any atom is 0.287 e. The summed E-state index contributed by atoms with van der Waals surface area (Å²) in [5.74, 6) is 0.130. The average Bonchev–Trinajstić information content (AvgIpc) is 3.42. The highest BCUT2D eigenvalue weighted by molar-refractivity contribution is 6.31. The van der Waals surface area contributed by atoms with Crippen LogP contribution in [-0.2, 0) is 0 Å². The van der Waals surface area contributed by atoms with Gasteiger partial charge in [-0.2, -0.15) is 0 Å². The van der Waals surface area contributed by atoms with Gasteiger partial charge in [-0.15, -0.1) is 0 Å². The van der Waals surface area contributed by atoms with Crippen LogP contribution in [0.15, 0.2) is 71.3 Å². The summed E-state index contributed by atoms with van der Waals surface area (Å²) in [6.45, 7) is 2.51. The van der Waals surface area contributed by atoms with Crippen LogP contribution in [0.5, 0.6) is 0 Å². The zero-order chi connectivity index (χ0) is 19.3. The van der Waals surface area contributed by atoms with Crippen molar-refractivity contribution >= 4 is 17.5 Å². The summed E-state index contributed by atoms with van der Waals surface area (Å²) in [5.41, 5.74) is 2.81. The Bertz CT molecular complexity index is 933. The van der Waals surface area contributed by atoms with Crippen molar-refractivity contribution in [3.63, 3.8) is 0 Å². The number of amides is 1. The molecular weight excluding hydrogens is 372 g/mol. The van der Waals surface area contributed by atoms with E-state index in [-0.39, 0.29) is 11.9 Å². The van der Waals surface area contributed by atoms with Crippen molar-refractivity contribution < 1.29 is 9.21 Å². The third-order valence-electron chi connectivity index (χ3n) is 5.26. The summed E-state index contributed by atoms with van der Waals surface area (Å²) in [7, 11) is 0. The molecule has 0 saturated carbocycles. The van der Waals surface area contributed by atoms with Crippen molar-refractivity contribution in [1.29, 1.82) is 0 Å². The van der Waals surface area contributed by atoms with Crippen LogP contribution in [0.25, 0.3) is 11.1 Å². The number of halogens is 1. The Morgan fingerprint density at radius 2 is 1.75 bits per heavy atom. The third kappa shape index (κ3) is 3.98. The number of nitrogens with one attached hydrogen (secondary N) is 1. The predicted octanol–water partition coefficient (Wildman–Crippen LogP) is 5.17. The molecule has 0 bridgehead atoms. The van der Waals surface area contributed by atoms with E-state index in [0.717, 1.165) is 34.8 Å². The molecule has 1 aromatic heterocycles. The molecule has 5 heteroatoms. The summed E-state index contributed by atoms with van der Waals surface area (Å²) in [6.07, 6.45) is 3.90. The molecule has 1 fully saturated rings. The largest absolute Gasteiger partial charge is 0.459 e. The molecule has 4 rings (SSSR count). The monoisotopic (exact) mass is 394 g/mol. The number of hydrogen-bond acceptors (Lipinski definition) is 3. The molecule has 2 heterocycles. The number of carbonyl (C=O) groups is 1. The SMILES string of the molecule is O=C(NC[C@@H](c1ccccc1Cl)N1CCCC1)c1occc1-c1ccccc1. The molecule has 1 N–H and O–H groups in total. The van der Waals surface area contributed by atoms with Crippen molar-refractivity contribution in [2.75, 3.05) is 19.6 Å². The van der Waals surface area contributed by atoms with E-state index in [1.165, 1.54) is 12.8 Å². The molecular formula is C23H23ClN2O2. The molecule has 0 aliphatic carbocycles. The maximum atomic E-state index is 12.9. The van der Waals surface area contributed by atoms with Crippen molar-refractivity contribution in [3.05, 3.63) is 83.3 Å². The van der Waals surface area contributed by atoms with E-state index in [4.69, 9.17) is 16.0 Å². The van der Waals surface area contributed by atoms with Gasteiger partial charge >= 0.3 is 0 Å². The Hall–Kier alpha value is -2.56. The van der Waals surface area contributed by atoms with Gasteiger partial charge in [-0.3, -0.25) is 9.69 Å². The minimum Gasteiger partial charge on any atom is -0.459 e. The minimum atomic E-state index is -0.208. The van der Waals surface area contributed by atoms with Crippen LogP contribution in [0.4, 0.5) is 0 Å². The molecule has 3 aromatic rings. The number of benzene rings is 2. The highest BCUT2D eigenvalue weighted by Crippen LogP contribution is 2.30. The van der Waals surface area contributed by atoms with E-state index >= 15 is 0 Å². The van der Waals surface area contributed by atoms with Crippen LogP contribution in [0.3, 0.4) is 0 Å². The molecule has 0 unspecified atom stereocenters. The molecule has 144 valence electrons. The van der Waals surface area contributed by atoms with Crippen molar-refractivity contribution in [1.82, 2.24) is 10.2 Å². The Labute approximate surface area is 170 Å². The van der Waals surface area contributed by atoms with Gasteiger partial charge in [-0.25, -0.2) is 0 Å². The molecule has 1 atom stereocenters. The Morgan fingerprint density at radius 1 is 1.04 bits per heavy atom. The second kappa shape index (κ2) is 8.63. The van der Waals surface area contributed by atoms with Gasteiger partial charge in [-0.05, 0) is 49.2 Å². The van der Waals surface area contributed by atoms with Gasteiger partial charge in [0.15, 0.2) is 5.76 Å². The van der Waals surface area contributed by atoms with Gasteiger partial charge in [0.05, 0.1) is 12.3 Å². The van der Waals surface area contributed by atoms with Crippen molar-refractivity contribution in [2.45, 2.75) is 18.9 Å². The maximum absolute atomic E-state index is 12.9. The number of hydrogen-bond donors (Lipinski definition) is 1. The normalized spacial score (nSPS) is 15.5. The molecule has 1 saturated heterocycles. The average molecular weight is 395 g/mol. The predicted molar refractivity (Wildman–Crippen MR) is 111 cm³/mol. The molecule has 28 heavy (non-hydrogen) atoms. The highest BCUT2D eigenvalue weighted by Gasteiger charge is 2.26. The summed E-state index contributed by atoms with van der Waals surface area (Å²) >= 11 is 6.46. The van der Waals surface area contributed by atoms with Gasteiger partial charge < -0.3 is 9.73 Å². The quantitative estimate of drug-likeness (QED) is 0.627. The lowest BCUT2D eigenvalue weighted by molar-refractivity contribution is 0.0911. The molecule has 4 nitrogen and oxygen atoms in total. The van der Waals surface area contributed by atoms with E-state index in [9.17, 15) is 4.79 Å². The van der Waals surface area contributed by atoms with Gasteiger partial charge in [0.1, 0.15) is 0 Å². The first kappa shape index (κ1) is 18.8. The van der Waals surface area contributed by atoms with Crippen molar-refractivity contribution in [2.24, 2.45) is 0 Å². The van der Waals surface area contributed by atoms with Crippen LogP contribution in [0.2, 0.25) is 5.02 Å². The lowest BCUT2D eigenvalue weighted by Crippen LogP contribution is -2.37. The highest BCUT2D eigenvalue weighted by atomic mass is 35.5. The first-order chi connectivity index (χ1) is 13.7. The van der Waals surface area contributed by atoms with Crippen molar-refractivity contribution in [3.8, 4) is 11.1 Å². The fourth-order valence-corrected chi connectivity index (χ4v) is 4.10. The molecule has 0 spiro atoms. The summed E-state index contributed by atoms with van der Waals surface area (Å²) < 4.78 is 5.52.